The summed E-state index contributed by atoms with van der Waals surface area (Å²) in [5, 5.41) is 14.4. The first-order valence-electron chi connectivity index (χ1n) is 11.8. The maximum Gasteiger partial charge on any atom is 0.335 e. The fraction of sp³-hybridized carbons (Fsp3) is 0.214. The highest BCUT2D eigenvalue weighted by atomic mass is 79.9. The molecule has 196 valence electrons. The Kier molecular flexibility index (Phi) is 8.48. The molecule has 0 unspecified atom stereocenters. The largest absolute Gasteiger partial charge is 0.493 e. The van der Waals surface area contributed by atoms with Crippen molar-refractivity contribution in [3.63, 3.8) is 0 Å². The molecular formula is C28H25BrClN3O5. The minimum Gasteiger partial charge on any atom is -0.493 e. The molecule has 0 saturated carbocycles. The van der Waals surface area contributed by atoms with Crippen LogP contribution >= 0.6 is 27.5 Å². The second-order valence-corrected chi connectivity index (χ2v) is 9.95. The lowest BCUT2D eigenvalue weighted by atomic mass is 10.1. The van der Waals surface area contributed by atoms with E-state index >= 15 is 0 Å². The van der Waals surface area contributed by atoms with Crippen molar-refractivity contribution in [3.05, 3.63) is 97.0 Å². The second-order valence-electron chi connectivity index (χ2n) is 8.63. The third-order valence-electron chi connectivity index (χ3n) is 6.02. The highest BCUT2D eigenvalue weighted by Crippen LogP contribution is 2.36. The molecule has 0 amide bonds. The van der Waals surface area contributed by atoms with Crippen LogP contribution in [0.4, 0.5) is 0 Å². The van der Waals surface area contributed by atoms with E-state index in [9.17, 15) is 14.7 Å². The van der Waals surface area contributed by atoms with Crippen LogP contribution < -0.4 is 15.0 Å². The van der Waals surface area contributed by atoms with Gasteiger partial charge in [0.25, 0.3) is 5.56 Å². The number of benzene rings is 3. The molecule has 1 atom stereocenters. The van der Waals surface area contributed by atoms with Gasteiger partial charge in [-0.15, -0.1) is 0 Å². The zero-order valence-corrected chi connectivity index (χ0v) is 23.3. The van der Waals surface area contributed by atoms with Gasteiger partial charge in [-0.3, -0.25) is 4.79 Å². The summed E-state index contributed by atoms with van der Waals surface area (Å²) >= 11 is 9.94. The molecule has 38 heavy (non-hydrogen) atoms. The molecule has 4 rings (SSSR count). The van der Waals surface area contributed by atoms with Crippen LogP contribution in [0, 0.1) is 0 Å². The van der Waals surface area contributed by atoms with Gasteiger partial charge in [0.2, 0.25) is 0 Å². The number of hydrogen-bond acceptors (Lipinski definition) is 6. The van der Waals surface area contributed by atoms with Gasteiger partial charge >= 0.3 is 5.97 Å². The van der Waals surface area contributed by atoms with Crippen molar-refractivity contribution in [1.29, 1.82) is 0 Å². The minimum atomic E-state index is -1.02. The molecule has 1 N–H and O–H groups in total. The molecule has 0 aliphatic rings. The summed E-state index contributed by atoms with van der Waals surface area (Å²) in [6, 6.07) is 15.2. The highest BCUT2D eigenvalue weighted by Gasteiger charge is 2.17. The average molecular weight is 599 g/mol. The van der Waals surface area contributed by atoms with Gasteiger partial charge in [-0.1, -0.05) is 53.5 Å². The Balaban J connectivity index is 1.68. The van der Waals surface area contributed by atoms with Gasteiger partial charge < -0.3 is 14.6 Å². The first-order chi connectivity index (χ1) is 18.2. The maximum atomic E-state index is 13.4. The van der Waals surface area contributed by atoms with Crippen LogP contribution in [0.5, 0.6) is 11.5 Å². The lowest BCUT2D eigenvalue weighted by Gasteiger charge is -2.15. The number of aromatic nitrogens is 2. The van der Waals surface area contributed by atoms with Gasteiger partial charge in [-0.05, 0) is 60.0 Å². The Hall–Kier alpha value is -3.69. The van der Waals surface area contributed by atoms with Crippen LogP contribution in [0.3, 0.4) is 0 Å². The first kappa shape index (κ1) is 27.3. The lowest BCUT2D eigenvalue weighted by molar-refractivity contribution is 0.0696. The number of carboxylic acids is 1. The summed E-state index contributed by atoms with van der Waals surface area (Å²) in [6.07, 6.45) is 2.30. The summed E-state index contributed by atoms with van der Waals surface area (Å²) in [5.41, 5.74) is 1.76. The van der Waals surface area contributed by atoms with E-state index in [2.05, 4.69) is 21.0 Å². The molecule has 0 aliphatic carbocycles. The van der Waals surface area contributed by atoms with Crippen molar-refractivity contribution in [1.82, 2.24) is 9.66 Å². The number of ether oxygens (including phenoxy) is 2. The van der Waals surface area contributed by atoms with E-state index in [0.29, 0.717) is 39.4 Å². The van der Waals surface area contributed by atoms with Gasteiger partial charge in [-0.2, -0.15) is 9.78 Å². The van der Waals surface area contributed by atoms with Crippen molar-refractivity contribution in [2.45, 2.75) is 32.8 Å². The van der Waals surface area contributed by atoms with E-state index in [-0.39, 0.29) is 28.7 Å². The molecule has 0 fully saturated rings. The Morgan fingerprint density at radius 2 is 2.03 bits per heavy atom. The van der Waals surface area contributed by atoms with E-state index in [1.807, 2.05) is 26.0 Å². The Labute approximate surface area is 232 Å². The molecule has 0 bridgehead atoms. The van der Waals surface area contributed by atoms with Crippen LogP contribution in [0.2, 0.25) is 5.02 Å². The number of halogens is 2. The normalized spacial score (nSPS) is 12.1. The minimum absolute atomic E-state index is 0.00132. The van der Waals surface area contributed by atoms with E-state index < -0.39 is 5.97 Å². The SMILES string of the molecule is CC[C@@H](C)c1nc2ccc(Br)cc2c(=O)n1N=Cc1cc(Cl)c(OCc2cccc(C(=O)O)c2)c(OC)c1. The molecule has 1 aromatic heterocycles. The Bertz CT molecular complexity index is 1600. The fourth-order valence-corrected chi connectivity index (χ4v) is 4.44. The van der Waals surface area contributed by atoms with E-state index in [4.69, 9.17) is 26.1 Å². The van der Waals surface area contributed by atoms with Gasteiger partial charge in [0.1, 0.15) is 12.4 Å². The van der Waals surface area contributed by atoms with E-state index in [1.54, 1.807) is 30.3 Å². The number of carboxylic acid groups (broad SMARTS) is 1. The smallest absolute Gasteiger partial charge is 0.335 e. The van der Waals surface area contributed by atoms with Crippen LogP contribution in [-0.2, 0) is 6.61 Å². The third-order valence-corrected chi connectivity index (χ3v) is 6.79. The number of aromatic carboxylic acids is 1. The third kappa shape index (κ3) is 5.89. The average Bonchev–Trinajstić information content (AvgIpc) is 2.91. The first-order valence-corrected chi connectivity index (χ1v) is 13.0. The van der Waals surface area contributed by atoms with Gasteiger partial charge in [-0.25, -0.2) is 9.78 Å². The molecule has 4 aromatic rings. The molecule has 0 spiro atoms. The molecule has 3 aromatic carbocycles. The number of hydrogen-bond donors (Lipinski definition) is 1. The number of fused-ring (bicyclic) bond motifs is 1. The van der Waals surface area contributed by atoms with Crippen LogP contribution in [-0.4, -0.2) is 34.1 Å². The highest BCUT2D eigenvalue weighted by molar-refractivity contribution is 9.10. The number of carbonyl (C=O) groups is 1. The summed E-state index contributed by atoms with van der Waals surface area (Å²) < 4.78 is 13.5. The molecular weight excluding hydrogens is 574 g/mol. The van der Waals surface area contributed by atoms with Crippen molar-refractivity contribution < 1.29 is 19.4 Å². The molecule has 10 heteroatoms. The summed E-state index contributed by atoms with van der Waals surface area (Å²) in [4.78, 5) is 29.3. The zero-order chi connectivity index (χ0) is 27.4. The molecule has 0 saturated heterocycles. The zero-order valence-electron chi connectivity index (χ0n) is 20.9. The summed E-state index contributed by atoms with van der Waals surface area (Å²) in [5.74, 6) is 0.215. The molecule has 1 heterocycles. The molecule has 8 nitrogen and oxygen atoms in total. The number of methoxy groups -OCH3 is 1. The standard InChI is InChI=1S/C28H25BrClN3O5/c1-4-16(2)26-32-23-9-8-20(29)13-21(23)27(34)33(26)31-14-18-11-22(30)25(24(12-18)37-3)38-15-17-6-5-7-19(10-17)28(35)36/h5-14,16H,4,15H2,1-3H3,(H,35,36)/t16-/m1/s1. The van der Waals surface area contributed by atoms with Gasteiger partial charge in [0.15, 0.2) is 11.5 Å². The van der Waals surface area contributed by atoms with E-state index in [1.165, 1.54) is 30.1 Å². The van der Waals surface area contributed by atoms with Gasteiger partial charge in [0.05, 0.1) is 34.8 Å². The lowest BCUT2D eigenvalue weighted by Crippen LogP contribution is -2.23. The summed E-state index contributed by atoms with van der Waals surface area (Å²) in [6.45, 7) is 4.12. The number of nitrogens with zero attached hydrogens (tertiary/aromatic N) is 3. The van der Waals surface area contributed by atoms with Crippen molar-refractivity contribution >= 4 is 50.6 Å². The number of rotatable bonds is 9. The molecule has 0 aliphatic heterocycles. The van der Waals surface area contributed by atoms with E-state index in [0.717, 1.165) is 10.9 Å². The molecule has 0 radical (unpaired) electrons. The summed E-state index contributed by atoms with van der Waals surface area (Å²) in [7, 11) is 1.49. The monoisotopic (exact) mass is 597 g/mol. The fourth-order valence-electron chi connectivity index (χ4n) is 3.81. The van der Waals surface area contributed by atoms with Crippen molar-refractivity contribution in [3.8, 4) is 11.5 Å². The maximum absolute atomic E-state index is 13.4. The Morgan fingerprint density at radius 3 is 2.74 bits per heavy atom. The predicted octanol–water partition coefficient (Wildman–Crippen LogP) is 6.49. The van der Waals surface area contributed by atoms with Crippen LogP contribution in [0.1, 0.15) is 53.5 Å². The van der Waals surface area contributed by atoms with Crippen molar-refractivity contribution in [2.75, 3.05) is 7.11 Å². The predicted molar refractivity (Wildman–Crippen MR) is 151 cm³/mol. The van der Waals surface area contributed by atoms with Crippen molar-refractivity contribution in [2.24, 2.45) is 5.10 Å². The quantitative estimate of drug-likeness (QED) is 0.221. The topological polar surface area (TPSA) is 103 Å². The van der Waals surface area contributed by atoms with Crippen LogP contribution in [0.25, 0.3) is 10.9 Å². The second kappa shape index (κ2) is 11.8. The van der Waals surface area contributed by atoms with Crippen LogP contribution in [0.15, 0.2) is 69.0 Å². The Morgan fingerprint density at radius 1 is 1.24 bits per heavy atom. The van der Waals surface area contributed by atoms with Gasteiger partial charge in [0, 0.05) is 10.4 Å².